The van der Waals surface area contributed by atoms with E-state index in [0.29, 0.717) is 12.8 Å². The second-order valence-electron chi connectivity index (χ2n) is 5.52. The van der Waals surface area contributed by atoms with Crippen LogP contribution < -0.4 is 14.8 Å². The highest BCUT2D eigenvalue weighted by Crippen LogP contribution is 2.32. The molecule has 21 heavy (non-hydrogen) atoms. The Labute approximate surface area is 125 Å². The van der Waals surface area contributed by atoms with Crippen LogP contribution in [0.1, 0.15) is 30.4 Å². The number of aryl methyl sites for hydroxylation is 2. The summed E-state index contributed by atoms with van der Waals surface area (Å²) in [5.41, 5.74) is 1.28. The monoisotopic (exact) mass is 287 g/mol. The predicted molar refractivity (Wildman–Crippen MR) is 80.6 cm³/mol. The van der Waals surface area contributed by atoms with E-state index >= 15 is 0 Å². The summed E-state index contributed by atoms with van der Waals surface area (Å²) >= 11 is 0. The lowest BCUT2D eigenvalue weighted by Gasteiger charge is -2.13. The van der Waals surface area contributed by atoms with Crippen LogP contribution >= 0.6 is 0 Å². The van der Waals surface area contributed by atoms with Crippen molar-refractivity contribution in [3.63, 3.8) is 0 Å². The Morgan fingerprint density at radius 2 is 2.00 bits per heavy atom. The fourth-order valence-corrected chi connectivity index (χ4v) is 2.44. The Morgan fingerprint density at radius 1 is 1.14 bits per heavy atom. The van der Waals surface area contributed by atoms with Crippen LogP contribution in [0.4, 0.5) is 0 Å². The van der Waals surface area contributed by atoms with Gasteiger partial charge in [-0.2, -0.15) is 0 Å². The smallest absolute Gasteiger partial charge is 0.231 e. The van der Waals surface area contributed by atoms with Crippen LogP contribution in [0.5, 0.6) is 11.5 Å². The molecule has 4 heteroatoms. The lowest BCUT2D eigenvalue weighted by molar-refractivity contribution is 0.174. The second kappa shape index (κ2) is 6.22. The highest BCUT2D eigenvalue weighted by atomic mass is 16.7. The van der Waals surface area contributed by atoms with Crippen molar-refractivity contribution in [3.8, 4) is 11.5 Å². The first-order valence-corrected chi connectivity index (χ1v) is 7.38. The molecule has 0 aliphatic carbocycles. The average Bonchev–Trinajstić information content (AvgIpc) is 3.10. The Morgan fingerprint density at radius 3 is 2.81 bits per heavy atom. The highest BCUT2D eigenvalue weighted by Gasteiger charge is 2.13. The normalized spacial score (nSPS) is 14.4. The first kappa shape index (κ1) is 14.0. The average molecular weight is 287 g/mol. The van der Waals surface area contributed by atoms with Gasteiger partial charge in [0, 0.05) is 6.04 Å². The maximum Gasteiger partial charge on any atom is 0.231 e. The van der Waals surface area contributed by atoms with Gasteiger partial charge in [0.05, 0.1) is 6.54 Å². The van der Waals surface area contributed by atoms with Crippen LogP contribution in [-0.2, 0) is 13.0 Å². The van der Waals surface area contributed by atoms with E-state index in [-0.39, 0.29) is 0 Å². The van der Waals surface area contributed by atoms with Crippen molar-refractivity contribution in [2.24, 2.45) is 0 Å². The zero-order valence-corrected chi connectivity index (χ0v) is 12.5. The van der Waals surface area contributed by atoms with E-state index < -0.39 is 0 Å². The zero-order chi connectivity index (χ0) is 14.7. The molecule has 112 valence electrons. The third-order valence-electron chi connectivity index (χ3n) is 3.72. The van der Waals surface area contributed by atoms with Crippen molar-refractivity contribution >= 4 is 0 Å². The maximum atomic E-state index is 5.55. The Kier molecular flexibility index (Phi) is 4.15. The number of fused-ring (bicyclic) bond motifs is 1. The van der Waals surface area contributed by atoms with Gasteiger partial charge in [0.1, 0.15) is 11.5 Å². The van der Waals surface area contributed by atoms with Crippen molar-refractivity contribution in [1.82, 2.24) is 5.32 Å². The standard InChI is InChI=1S/C17H21NO3/c1-12(18-10-15-7-4-13(2)21-15)3-5-14-6-8-16-17(9-14)20-11-19-16/h4,6-9,12,18H,3,5,10-11H2,1-2H3. The van der Waals surface area contributed by atoms with E-state index in [0.717, 1.165) is 42.4 Å². The lowest BCUT2D eigenvalue weighted by atomic mass is 10.1. The van der Waals surface area contributed by atoms with E-state index in [1.807, 2.05) is 25.1 Å². The minimum Gasteiger partial charge on any atom is -0.465 e. The fraction of sp³-hybridized carbons (Fsp3) is 0.412. The molecule has 1 aliphatic rings. The molecule has 1 atom stereocenters. The van der Waals surface area contributed by atoms with E-state index in [1.54, 1.807) is 0 Å². The van der Waals surface area contributed by atoms with Gasteiger partial charge in [0.25, 0.3) is 0 Å². The first-order chi connectivity index (χ1) is 10.2. The minimum atomic E-state index is 0.333. The predicted octanol–water partition coefficient (Wildman–Crippen LogP) is 3.43. The molecule has 4 nitrogen and oxygen atoms in total. The van der Waals surface area contributed by atoms with Gasteiger partial charge in [-0.1, -0.05) is 6.07 Å². The van der Waals surface area contributed by atoms with Gasteiger partial charge in [0.15, 0.2) is 11.5 Å². The van der Waals surface area contributed by atoms with Crippen LogP contribution in [0.25, 0.3) is 0 Å². The number of benzene rings is 1. The summed E-state index contributed by atoms with van der Waals surface area (Å²) in [6, 6.07) is 10.6. The summed E-state index contributed by atoms with van der Waals surface area (Å²) in [4.78, 5) is 0. The van der Waals surface area contributed by atoms with Gasteiger partial charge in [-0.25, -0.2) is 0 Å². The molecular formula is C17H21NO3. The largest absolute Gasteiger partial charge is 0.465 e. The number of hydrogen-bond acceptors (Lipinski definition) is 4. The maximum absolute atomic E-state index is 5.55. The molecule has 1 aromatic heterocycles. The summed E-state index contributed by atoms with van der Waals surface area (Å²) in [6.45, 7) is 5.27. The van der Waals surface area contributed by atoms with Crippen molar-refractivity contribution in [2.75, 3.05) is 6.79 Å². The van der Waals surface area contributed by atoms with E-state index in [1.165, 1.54) is 5.56 Å². The van der Waals surface area contributed by atoms with E-state index in [2.05, 4.69) is 24.4 Å². The molecule has 0 spiro atoms. The molecule has 2 aromatic rings. The Bertz CT molecular complexity index is 606. The molecule has 0 fully saturated rings. The minimum absolute atomic E-state index is 0.333. The molecule has 0 saturated heterocycles. The summed E-state index contributed by atoms with van der Waals surface area (Å²) in [6.07, 6.45) is 2.08. The topological polar surface area (TPSA) is 43.6 Å². The van der Waals surface area contributed by atoms with Crippen LogP contribution in [0, 0.1) is 6.92 Å². The third-order valence-corrected chi connectivity index (χ3v) is 3.72. The molecule has 0 amide bonds. The van der Waals surface area contributed by atoms with E-state index in [4.69, 9.17) is 13.9 Å². The lowest BCUT2D eigenvalue weighted by Crippen LogP contribution is -2.25. The molecule has 1 N–H and O–H groups in total. The zero-order valence-electron chi connectivity index (χ0n) is 12.5. The quantitative estimate of drug-likeness (QED) is 0.884. The molecule has 3 rings (SSSR count). The first-order valence-electron chi connectivity index (χ1n) is 7.38. The number of furan rings is 1. The summed E-state index contributed by atoms with van der Waals surface area (Å²) in [7, 11) is 0. The molecular weight excluding hydrogens is 266 g/mol. The van der Waals surface area contributed by atoms with Crippen LogP contribution in [0.15, 0.2) is 34.7 Å². The molecule has 0 radical (unpaired) electrons. The van der Waals surface area contributed by atoms with Gasteiger partial charge in [-0.15, -0.1) is 0 Å². The van der Waals surface area contributed by atoms with Crippen LogP contribution in [-0.4, -0.2) is 12.8 Å². The Balaban J connectivity index is 1.46. The molecule has 1 aromatic carbocycles. The van der Waals surface area contributed by atoms with Crippen molar-refractivity contribution in [3.05, 3.63) is 47.4 Å². The van der Waals surface area contributed by atoms with Crippen molar-refractivity contribution < 1.29 is 13.9 Å². The molecule has 0 saturated carbocycles. The fourth-order valence-electron chi connectivity index (χ4n) is 2.44. The number of hydrogen-bond donors (Lipinski definition) is 1. The molecule has 1 aliphatic heterocycles. The summed E-state index contributed by atoms with van der Waals surface area (Å²) in [5, 5.41) is 3.49. The second-order valence-corrected chi connectivity index (χ2v) is 5.52. The number of rotatable bonds is 6. The van der Waals surface area contributed by atoms with Gasteiger partial charge in [-0.05, 0) is 56.5 Å². The van der Waals surface area contributed by atoms with Crippen molar-refractivity contribution in [1.29, 1.82) is 0 Å². The summed E-state index contributed by atoms with van der Waals surface area (Å²) < 4.78 is 16.3. The van der Waals surface area contributed by atoms with Crippen molar-refractivity contribution in [2.45, 2.75) is 39.3 Å². The van der Waals surface area contributed by atoms with Crippen LogP contribution in [0.2, 0.25) is 0 Å². The molecule has 2 heterocycles. The number of nitrogens with one attached hydrogen (secondary N) is 1. The third kappa shape index (κ3) is 3.58. The van der Waals surface area contributed by atoms with Gasteiger partial charge >= 0.3 is 0 Å². The molecule has 1 unspecified atom stereocenters. The van der Waals surface area contributed by atoms with E-state index in [9.17, 15) is 0 Å². The highest BCUT2D eigenvalue weighted by molar-refractivity contribution is 5.44. The van der Waals surface area contributed by atoms with Gasteiger partial charge < -0.3 is 19.2 Å². The molecule has 0 bridgehead atoms. The van der Waals surface area contributed by atoms with Gasteiger partial charge in [-0.3, -0.25) is 0 Å². The van der Waals surface area contributed by atoms with Gasteiger partial charge in [0.2, 0.25) is 6.79 Å². The number of ether oxygens (including phenoxy) is 2. The van der Waals surface area contributed by atoms with Crippen LogP contribution in [0.3, 0.4) is 0 Å². The summed E-state index contributed by atoms with van der Waals surface area (Å²) in [5.74, 6) is 3.65. The SMILES string of the molecule is Cc1ccc(CNC(C)CCc2ccc3c(c2)OCO3)o1. The Hall–Kier alpha value is -1.94.